The molecule has 0 saturated carbocycles. The maximum Gasteiger partial charge on any atom is 0.258 e. The van der Waals surface area contributed by atoms with Gasteiger partial charge >= 0.3 is 0 Å². The van der Waals surface area contributed by atoms with Crippen LogP contribution in [0.2, 0.25) is 0 Å². The van der Waals surface area contributed by atoms with Crippen LogP contribution in [0.5, 0.6) is 5.75 Å². The number of nitrogens with two attached hydrogens (primary N) is 1. The fourth-order valence-electron chi connectivity index (χ4n) is 1.65. The lowest BCUT2D eigenvalue weighted by molar-refractivity contribution is -0.123. The van der Waals surface area contributed by atoms with E-state index in [1.54, 1.807) is 12.1 Å². The van der Waals surface area contributed by atoms with Crippen LogP contribution in [0.25, 0.3) is 0 Å². The predicted molar refractivity (Wildman–Crippen MR) is 82.3 cm³/mol. The summed E-state index contributed by atoms with van der Waals surface area (Å²) >= 11 is 3.39. The molecule has 5 heteroatoms. The van der Waals surface area contributed by atoms with Crippen LogP contribution in [0.3, 0.4) is 0 Å². The zero-order chi connectivity index (χ0) is 14.4. The van der Waals surface area contributed by atoms with Crippen molar-refractivity contribution in [2.45, 2.75) is 6.54 Å². The largest absolute Gasteiger partial charge is 0.482 e. The summed E-state index contributed by atoms with van der Waals surface area (Å²) in [5.41, 5.74) is 7.27. The van der Waals surface area contributed by atoms with Crippen LogP contribution < -0.4 is 15.8 Å². The highest BCUT2D eigenvalue weighted by Crippen LogP contribution is 2.19. The molecule has 0 heterocycles. The Hall–Kier alpha value is -2.01. The van der Waals surface area contributed by atoms with E-state index >= 15 is 0 Å². The van der Waals surface area contributed by atoms with Crippen LogP contribution in [0.4, 0.5) is 5.69 Å². The zero-order valence-corrected chi connectivity index (χ0v) is 12.4. The van der Waals surface area contributed by atoms with Crippen LogP contribution in [0, 0.1) is 0 Å². The number of para-hydroxylation sites is 2. The Morgan fingerprint density at radius 2 is 2.00 bits per heavy atom. The number of nitrogens with one attached hydrogen (secondary N) is 1. The number of rotatable bonds is 5. The lowest BCUT2D eigenvalue weighted by atomic mass is 10.2. The molecule has 1 amide bonds. The highest BCUT2D eigenvalue weighted by molar-refractivity contribution is 9.10. The summed E-state index contributed by atoms with van der Waals surface area (Å²) in [7, 11) is 0. The fourth-order valence-corrected chi connectivity index (χ4v) is 2.10. The van der Waals surface area contributed by atoms with Gasteiger partial charge in [-0.3, -0.25) is 4.79 Å². The van der Waals surface area contributed by atoms with Gasteiger partial charge in [0.1, 0.15) is 5.75 Å². The topological polar surface area (TPSA) is 64.3 Å². The van der Waals surface area contributed by atoms with Crippen molar-refractivity contribution in [2.75, 3.05) is 12.3 Å². The van der Waals surface area contributed by atoms with Gasteiger partial charge in [0.2, 0.25) is 0 Å². The molecule has 104 valence electrons. The van der Waals surface area contributed by atoms with E-state index < -0.39 is 0 Å². The molecule has 0 bridgehead atoms. The zero-order valence-electron chi connectivity index (χ0n) is 10.8. The molecule has 0 fully saturated rings. The van der Waals surface area contributed by atoms with Gasteiger partial charge in [-0.1, -0.05) is 40.2 Å². The minimum atomic E-state index is -0.187. The SMILES string of the molecule is Nc1ccccc1OCC(=O)NCc1cccc(Br)c1. The minimum absolute atomic E-state index is 0.0534. The number of carbonyl (C=O) groups is 1. The summed E-state index contributed by atoms with van der Waals surface area (Å²) in [6, 6.07) is 14.9. The van der Waals surface area contributed by atoms with Gasteiger partial charge in [0.25, 0.3) is 5.91 Å². The molecule has 0 aliphatic rings. The van der Waals surface area contributed by atoms with Gasteiger partial charge in [-0.05, 0) is 29.8 Å². The predicted octanol–water partition coefficient (Wildman–Crippen LogP) is 2.73. The summed E-state index contributed by atoms with van der Waals surface area (Å²) in [5.74, 6) is 0.332. The molecular formula is C15H15BrN2O2. The summed E-state index contributed by atoms with van der Waals surface area (Å²) in [6.07, 6.45) is 0. The minimum Gasteiger partial charge on any atom is -0.482 e. The van der Waals surface area contributed by atoms with E-state index in [2.05, 4.69) is 21.2 Å². The first-order valence-electron chi connectivity index (χ1n) is 6.13. The molecule has 0 unspecified atom stereocenters. The maximum atomic E-state index is 11.7. The molecule has 2 rings (SSSR count). The van der Waals surface area contributed by atoms with Crippen LogP contribution >= 0.6 is 15.9 Å². The van der Waals surface area contributed by atoms with Crippen molar-refractivity contribution in [3.05, 3.63) is 58.6 Å². The van der Waals surface area contributed by atoms with Gasteiger partial charge in [-0.25, -0.2) is 0 Å². The second-order valence-corrected chi connectivity index (χ2v) is 5.15. The summed E-state index contributed by atoms with van der Waals surface area (Å²) in [6.45, 7) is 0.411. The molecular weight excluding hydrogens is 320 g/mol. The molecule has 0 aliphatic heterocycles. The molecule has 0 aliphatic carbocycles. The molecule has 0 radical (unpaired) electrons. The third-order valence-corrected chi connectivity index (χ3v) is 3.15. The Balaban J connectivity index is 1.80. The Kier molecular flexibility index (Phi) is 5.01. The second-order valence-electron chi connectivity index (χ2n) is 4.23. The van der Waals surface area contributed by atoms with Gasteiger partial charge in [-0.2, -0.15) is 0 Å². The number of amides is 1. The van der Waals surface area contributed by atoms with Gasteiger partial charge < -0.3 is 15.8 Å². The number of anilines is 1. The molecule has 4 nitrogen and oxygen atoms in total. The number of benzene rings is 2. The lowest BCUT2D eigenvalue weighted by Crippen LogP contribution is -2.28. The summed E-state index contributed by atoms with van der Waals surface area (Å²) in [4.78, 5) is 11.7. The monoisotopic (exact) mass is 334 g/mol. The van der Waals surface area contributed by atoms with Crippen LogP contribution in [-0.2, 0) is 11.3 Å². The third kappa shape index (κ3) is 4.28. The quantitative estimate of drug-likeness (QED) is 0.826. The maximum absolute atomic E-state index is 11.7. The van der Waals surface area contributed by atoms with E-state index in [1.165, 1.54) is 0 Å². The number of hydrogen-bond acceptors (Lipinski definition) is 3. The fraction of sp³-hybridized carbons (Fsp3) is 0.133. The van der Waals surface area contributed by atoms with E-state index in [4.69, 9.17) is 10.5 Å². The standard InChI is InChI=1S/C15H15BrN2O2/c16-12-5-3-4-11(8-12)9-18-15(19)10-20-14-7-2-1-6-13(14)17/h1-8H,9-10,17H2,(H,18,19). The molecule has 2 aromatic rings. The first-order valence-corrected chi connectivity index (χ1v) is 6.93. The second kappa shape index (κ2) is 6.96. The molecule has 20 heavy (non-hydrogen) atoms. The number of carbonyl (C=O) groups excluding carboxylic acids is 1. The van der Waals surface area contributed by atoms with Crippen molar-refractivity contribution in [3.63, 3.8) is 0 Å². The first-order chi connectivity index (χ1) is 9.65. The number of nitrogen functional groups attached to an aromatic ring is 1. The van der Waals surface area contributed by atoms with Crippen molar-refractivity contribution >= 4 is 27.5 Å². The van der Waals surface area contributed by atoms with Crippen LogP contribution in [0.15, 0.2) is 53.0 Å². The Morgan fingerprint density at radius 1 is 1.20 bits per heavy atom. The summed E-state index contributed by atoms with van der Waals surface area (Å²) < 4.78 is 6.35. The molecule has 0 spiro atoms. The van der Waals surface area contributed by atoms with Crippen molar-refractivity contribution in [2.24, 2.45) is 0 Å². The highest BCUT2D eigenvalue weighted by Gasteiger charge is 2.04. The Labute approximate surface area is 126 Å². The van der Waals surface area contributed by atoms with E-state index in [-0.39, 0.29) is 12.5 Å². The lowest BCUT2D eigenvalue weighted by Gasteiger charge is -2.09. The van der Waals surface area contributed by atoms with Crippen molar-refractivity contribution in [1.82, 2.24) is 5.32 Å². The van der Waals surface area contributed by atoms with Gasteiger partial charge in [0.15, 0.2) is 6.61 Å². The van der Waals surface area contributed by atoms with Gasteiger partial charge in [0, 0.05) is 11.0 Å². The molecule has 0 aromatic heterocycles. The average molecular weight is 335 g/mol. The van der Waals surface area contributed by atoms with Gasteiger partial charge in [-0.15, -0.1) is 0 Å². The van der Waals surface area contributed by atoms with E-state index in [0.29, 0.717) is 18.0 Å². The smallest absolute Gasteiger partial charge is 0.258 e. The normalized spacial score (nSPS) is 10.1. The van der Waals surface area contributed by atoms with Crippen molar-refractivity contribution < 1.29 is 9.53 Å². The van der Waals surface area contributed by atoms with Crippen molar-refractivity contribution in [1.29, 1.82) is 0 Å². The molecule has 2 aromatic carbocycles. The van der Waals surface area contributed by atoms with E-state index in [0.717, 1.165) is 10.0 Å². The van der Waals surface area contributed by atoms with Crippen molar-refractivity contribution in [3.8, 4) is 5.75 Å². The summed E-state index contributed by atoms with van der Waals surface area (Å²) in [5, 5.41) is 2.79. The Morgan fingerprint density at radius 3 is 2.75 bits per heavy atom. The average Bonchev–Trinajstić information content (AvgIpc) is 2.44. The van der Waals surface area contributed by atoms with E-state index in [1.807, 2.05) is 36.4 Å². The van der Waals surface area contributed by atoms with Gasteiger partial charge in [0.05, 0.1) is 5.69 Å². The first kappa shape index (κ1) is 14.4. The molecule has 3 N–H and O–H groups in total. The Bertz CT molecular complexity index is 602. The highest BCUT2D eigenvalue weighted by atomic mass is 79.9. The molecule has 0 atom stereocenters. The number of hydrogen-bond donors (Lipinski definition) is 2. The van der Waals surface area contributed by atoms with Crippen LogP contribution in [-0.4, -0.2) is 12.5 Å². The van der Waals surface area contributed by atoms with E-state index in [9.17, 15) is 4.79 Å². The molecule has 0 saturated heterocycles. The van der Waals surface area contributed by atoms with Crippen LogP contribution in [0.1, 0.15) is 5.56 Å². The number of ether oxygens (including phenoxy) is 1. The third-order valence-electron chi connectivity index (χ3n) is 2.66. The number of halogens is 1.